The van der Waals surface area contributed by atoms with Gasteiger partial charge in [0.05, 0.1) is 5.69 Å². The van der Waals surface area contributed by atoms with E-state index in [1.54, 1.807) is 6.07 Å². The lowest BCUT2D eigenvalue weighted by molar-refractivity contribution is 0.626. The van der Waals surface area contributed by atoms with Crippen molar-refractivity contribution in [2.45, 2.75) is 6.54 Å². The van der Waals surface area contributed by atoms with Crippen LogP contribution in [0.4, 0.5) is 10.1 Å². The third-order valence-electron chi connectivity index (χ3n) is 2.41. The van der Waals surface area contributed by atoms with Crippen LogP contribution in [0.25, 0.3) is 0 Å². The van der Waals surface area contributed by atoms with Gasteiger partial charge in [0.15, 0.2) is 0 Å². The molecule has 0 amide bonds. The molecule has 2 aromatic carbocycles. The normalized spacial score (nSPS) is 10.4. The molecule has 0 spiro atoms. The van der Waals surface area contributed by atoms with Gasteiger partial charge >= 0.3 is 0 Å². The van der Waals surface area contributed by atoms with E-state index in [4.69, 9.17) is 11.6 Å². The van der Waals surface area contributed by atoms with Crippen LogP contribution in [0, 0.1) is 5.82 Å². The largest absolute Gasteiger partial charge is 0.380 e. The van der Waals surface area contributed by atoms with Gasteiger partial charge in [-0.2, -0.15) is 0 Å². The summed E-state index contributed by atoms with van der Waals surface area (Å²) in [5.74, 6) is -0.255. The maximum Gasteiger partial charge on any atom is 0.124 e. The molecule has 0 fully saturated rings. The average Bonchev–Trinajstić information content (AvgIpc) is 2.32. The molecule has 2 aromatic rings. The van der Waals surface area contributed by atoms with Crippen molar-refractivity contribution in [2.24, 2.45) is 0 Å². The van der Waals surface area contributed by atoms with Crippen LogP contribution in [-0.2, 0) is 6.54 Å². The topological polar surface area (TPSA) is 12.0 Å². The highest BCUT2D eigenvalue weighted by Gasteiger charge is 2.04. The summed E-state index contributed by atoms with van der Waals surface area (Å²) in [5.41, 5.74) is 1.88. The number of halogens is 4. The molecular weight excluding hydrogens is 384 g/mol. The van der Waals surface area contributed by atoms with Crippen molar-refractivity contribution >= 4 is 49.1 Å². The Kier molecular flexibility index (Phi) is 4.65. The monoisotopic (exact) mass is 391 g/mol. The van der Waals surface area contributed by atoms with Crippen molar-refractivity contribution < 1.29 is 4.39 Å². The summed E-state index contributed by atoms with van der Waals surface area (Å²) >= 11 is 12.7. The van der Waals surface area contributed by atoms with Crippen molar-refractivity contribution in [1.29, 1.82) is 0 Å². The average molecular weight is 393 g/mol. The van der Waals surface area contributed by atoms with E-state index in [1.807, 2.05) is 18.2 Å². The Bertz CT molecular complexity index is 575. The minimum Gasteiger partial charge on any atom is -0.380 e. The van der Waals surface area contributed by atoms with Crippen molar-refractivity contribution in [3.8, 4) is 0 Å². The third kappa shape index (κ3) is 3.46. The third-order valence-corrected chi connectivity index (χ3v) is 4.08. The summed E-state index contributed by atoms with van der Waals surface area (Å²) in [7, 11) is 0. The van der Waals surface area contributed by atoms with E-state index >= 15 is 0 Å². The molecule has 94 valence electrons. The second kappa shape index (κ2) is 6.04. The Morgan fingerprint density at radius 2 is 1.83 bits per heavy atom. The SMILES string of the molecule is Fc1ccc(CNc2cc(Cl)ccc2Br)c(Br)c1. The van der Waals surface area contributed by atoms with Crippen molar-refractivity contribution in [1.82, 2.24) is 0 Å². The number of hydrogen-bond acceptors (Lipinski definition) is 1. The van der Waals surface area contributed by atoms with E-state index < -0.39 is 0 Å². The van der Waals surface area contributed by atoms with Gasteiger partial charge in [-0.15, -0.1) is 0 Å². The first-order valence-electron chi connectivity index (χ1n) is 5.19. The molecule has 2 rings (SSSR count). The maximum absolute atomic E-state index is 13.0. The number of benzene rings is 2. The highest BCUT2D eigenvalue weighted by Crippen LogP contribution is 2.27. The lowest BCUT2D eigenvalue weighted by Crippen LogP contribution is -2.01. The van der Waals surface area contributed by atoms with Gasteiger partial charge in [0, 0.05) is 20.5 Å². The molecule has 0 aromatic heterocycles. The maximum atomic E-state index is 13.0. The Balaban J connectivity index is 2.13. The smallest absolute Gasteiger partial charge is 0.124 e. The molecule has 0 heterocycles. The van der Waals surface area contributed by atoms with Crippen LogP contribution in [0.5, 0.6) is 0 Å². The van der Waals surface area contributed by atoms with Crippen LogP contribution in [0.3, 0.4) is 0 Å². The summed E-state index contributed by atoms with van der Waals surface area (Å²) < 4.78 is 14.6. The fourth-order valence-corrected chi connectivity index (χ4v) is 2.54. The molecule has 0 aliphatic rings. The molecule has 0 unspecified atom stereocenters. The molecular formula is C13H9Br2ClFN. The van der Waals surface area contributed by atoms with E-state index in [-0.39, 0.29) is 5.82 Å². The van der Waals surface area contributed by atoms with E-state index in [0.717, 1.165) is 20.2 Å². The molecule has 0 saturated carbocycles. The molecule has 0 radical (unpaired) electrons. The van der Waals surface area contributed by atoms with Crippen LogP contribution < -0.4 is 5.32 Å². The van der Waals surface area contributed by atoms with Gasteiger partial charge in [0.1, 0.15) is 5.82 Å². The van der Waals surface area contributed by atoms with Gasteiger partial charge in [0.2, 0.25) is 0 Å². The first-order chi connectivity index (χ1) is 8.56. The summed E-state index contributed by atoms with van der Waals surface area (Å²) in [4.78, 5) is 0. The minimum atomic E-state index is -0.255. The van der Waals surface area contributed by atoms with E-state index in [0.29, 0.717) is 11.6 Å². The highest BCUT2D eigenvalue weighted by molar-refractivity contribution is 9.10. The Morgan fingerprint density at radius 3 is 2.56 bits per heavy atom. The second-order valence-electron chi connectivity index (χ2n) is 3.71. The van der Waals surface area contributed by atoms with Crippen LogP contribution in [0.1, 0.15) is 5.56 Å². The first kappa shape index (κ1) is 13.8. The zero-order chi connectivity index (χ0) is 13.1. The molecule has 0 aliphatic carbocycles. The highest BCUT2D eigenvalue weighted by atomic mass is 79.9. The van der Waals surface area contributed by atoms with Crippen LogP contribution in [0.15, 0.2) is 45.3 Å². The Labute approximate surface area is 127 Å². The molecule has 0 saturated heterocycles. The Morgan fingerprint density at radius 1 is 1.06 bits per heavy atom. The fourth-order valence-electron chi connectivity index (χ4n) is 1.49. The fraction of sp³-hybridized carbons (Fsp3) is 0.0769. The number of anilines is 1. The van der Waals surface area contributed by atoms with Gasteiger partial charge in [-0.05, 0) is 51.8 Å². The van der Waals surface area contributed by atoms with Crippen molar-refractivity contribution in [3.63, 3.8) is 0 Å². The predicted octanol–water partition coefficient (Wildman–Crippen LogP) is 5.62. The summed E-state index contributed by atoms with van der Waals surface area (Å²) in [6.07, 6.45) is 0. The number of nitrogens with one attached hydrogen (secondary N) is 1. The van der Waals surface area contributed by atoms with Gasteiger partial charge in [-0.25, -0.2) is 4.39 Å². The first-order valence-corrected chi connectivity index (χ1v) is 7.15. The lowest BCUT2D eigenvalue weighted by atomic mass is 10.2. The van der Waals surface area contributed by atoms with Gasteiger partial charge in [-0.3, -0.25) is 0 Å². The quantitative estimate of drug-likeness (QED) is 0.714. The molecule has 0 aliphatic heterocycles. The number of rotatable bonds is 3. The standard InChI is InChI=1S/C13H9Br2ClFN/c14-11-4-2-9(16)5-13(11)18-7-8-1-3-10(17)6-12(8)15/h1-6,18H,7H2. The van der Waals surface area contributed by atoms with Crippen LogP contribution in [0.2, 0.25) is 5.02 Å². The molecule has 1 nitrogen and oxygen atoms in total. The van der Waals surface area contributed by atoms with Crippen molar-refractivity contribution in [3.05, 3.63) is 61.7 Å². The molecule has 18 heavy (non-hydrogen) atoms. The van der Waals surface area contributed by atoms with E-state index in [9.17, 15) is 4.39 Å². The van der Waals surface area contributed by atoms with Crippen LogP contribution >= 0.6 is 43.5 Å². The Hall–Kier alpha value is -0.580. The van der Waals surface area contributed by atoms with E-state index in [1.165, 1.54) is 12.1 Å². The van der Waals surface area contributed by atoms with Gasteiger partial charge in [-0.1, -0.05) is 33.6 Å². The predicted molar refractivity (Wildman–Crippen MR) is 80.6 cm³/mol. The summed E-state index contributed by atoms with van der Waals surface area (Å²) in [6, 6.07) is 10.2. The summed E-state index contributed by atoms with van der Waals surface area (Å²) in [5, 5.41) is 3.91. The molecule has 1 N–H and O–H groups in total. The minimum absolute atomic E-state index is 0.255. The van der Waals surface area contributed by atoms with Crippen LogP contribution in [-0.4, -0.2) is 0 Å². The second-order valence-corrected chi connectivity index (χ2v) is 5.86. The summed E-state index contributed by atoms with van der Waals surface area (Å²) in [6.45, 7) is 0.583. The van der Waals surface area contributed by atoms with Gasteiger partial charge in [0.25, 0.3) is 0 Å². The zero-order valence-corrected chi connectivity index (χ0v) is 13.1. The lowest BCUT2D eigenvalue weighted by Gasteiger charge is -2.10. The molecule has 0 atom stereocenters. The number of hydrogen-bond donors (Lipinski definition) is 1. The van der Waals surface area contributed by atoms with Crippen molar-refractivity contribution in [2.75, 3.05) is 5.32 Å². The van der Waals surface area contributed by atoms with E-state index in [2.05, 4.69) is 37.2 Å². The zero-order valence-electron chi connectivity index (χ0n) is 9.18. The molecule has 0 bridgehead atoms. The van der Waals surface area contributed by atoms with Gasteiger partial charge < -0.3 is 5.32 Å². The molecule has 5 heteroatoms.